The van der Waals surface area contributed by atoms with Crippen molar-refractivity contribution in [2.24, 2.45) is 4.99 Å². The molecule has 0 radical (unpaired) electrons. The summed E-state index contributed by atoms with van der Waals surface area (Å²) < 4.78 is 52.1. The van der Waals surface area contributed by atoms with Crippen LogP contribution in [-0.2, 0) is 15.7 Å². The topological polar surface area (TPSA) is 73.8 Å². The molecule has 37 heavy (non-hydrogen) atoms. The van der Waals surface area contributed by atoms with E-state index >= 15 is 0 Å². The van der Waals surface area contributed by atoms with Gasteiger partial charge in [0, 0.05) is 16.5 Å². The maximum absolute atomic E-state index is 13.5. The fraction of sp³-hybridized carbons (Fsp3) is 0.192. The lowest BCUT2D eigenvalue weighted by molar-refractivity contribution is -0.139. The molecule has 0 fully saturated rings. The molecule has 0 spiro atoms. The largest absolute Gasteiger partial charge is 0.463 e. The number of rotatable bonds is 5. The summed E-state index contributed by atoms with van der Waals surface area (Å²) in [5.41, 5.74) is -0.114. The van der Waals surface area contributed by atoms with Gasteiger partial charge in [-0.15, -0.1) is 11.3 Å². The number of hydrogen-bond acceptors (Lipinski definition) is 7. The van der Waals surface area contributed by atoms with E-state index in [0.29, 0.717) is 26.4 Å². The van der Waals surface area contributed by atoms with Gasteiger partial charge >= 0.3 is 12.1 Å². The van der Waals surface area contributed by atoms with Crippen LogP contribution in [0.15, 0.2) is 79.4 Å². The van der Waals surface area contributed by atoms with Crippen molar-refractivity contribution in [3.63, 3.8) is 0 Å². The summed E-state index contributed by atoms with van der Waals surface area (Å²) in [6.45, 7) is 3.60. The highest BCUT2D eigenvalue weighted by Crippen LogP contribution is 2.34. The van der Waals surface area contributed by atoms with Crippen LogP contribution in [-0.4, -0.2) is 17.1 Å². The summed E-state index contributed by atoms with van der Waals surface area (Å²) in [5.74, 6) is 0.00176. The highest BCUT2D eigenvalue weighted by Gasteiger charge is 2.34. The van der Waals surface area contributed by atoms with Crippen LogP contribution in [0.3, 0.4) is 0 Å². The number of nitrogens with zero attached hydrogens (tertiary/aromatic N) is 2. The third kappa shape index (κ3) is 4.72. The van der Waals surface area contributed by atoms with Crippen LogP contribution in [0.1, 0.15) is 36.1 Å². The first-order valence-electron chi connectivity index (χ1n) is 11.2. The summed E-state index contributed by atoms with van der Waals surface area (Å²) in [6, 6.07) is 11.0. The normalized spacial score (nSPS) is 16.0. The molecule has 1 atom stereocenters. The average molecular weight is 545 g/mol. The van der Waals surface area contributed by atoms with Crippen molar-refractivity contribution in [1.29, 1.82) is 0 Å². The maximum atomic E-state index is 13.5. The van der Waals surface area contributed by atoms with Gasteiger partial charge in [-0.1, -0.05) is 29.5 Å². The molecule has 1 aliphatic rings. The standard InChI is InChI=1S/C26H19F3N2O4S2/c1-3-34-24(33)21-14(2)30-25-31(22(21)19-8-5-11-36-19)23(32)20(37-25)13-17-9-10-18(35-17)15-6-4-7-16(12-15)26(27,28)29/h4-13,22H,3H2,1-2H3. The van der Waals surface area contributed by atoms with Crippen molar-refractivity contribution < 1.29 is 27.1 Å². The molecule has 0 aliphatic carbocycles. The molecule has 6 nitrogen and oxygen atoms in total. The highest BCUT2D eigenvalue weighted by molar-refractivity contribution is 7.10. The van der Waals surface area contributed by atoms with E-state index in [-0.39, 0.29) is 23.5 Å². The van der Waals surface area contributed by atoms with Gasteiger partial charge in [0.15, 0.2) is 4.80 Å². The van der Waals surface area contributed by atoms with Gasteiger partial charge in [-0.05, 0) is 49.6 Å². The SMILES string of the molecule is CCOC(=O)C1=C(C)N=c2sc(=Cc3ccc(-c4cccc(C(F)(F)F)c4)o3)c(=O)n2C1c1cccs1. The molecule has 11 heteroatoms. The Hall–Kier alpha value is -3.70. The predicted molar refractivity (Wildman–Crippen MR) is 134 cm³/mol. The van der Waals surface area contributed by atoms with Crippen LogP contribution in [0.25, 0.3) is 17.4 Å². The van der Waals surface area contributed by atoms with Crippen molar-refractivity contribution in [2.75, 3.05) is 6.61 Å². The predicted octanol–water partition coefficient (Wildman–Crippen LogP) is 5.14. The molecule has 4 aromatic rings. The average Bonchev–Trinajstić information content (AvgIpc) is 3.60. The molecule has 0 saturated carbocycles. The number of thiazole rings is 1. The van der Waals surface area contributed by atoms with Gasteiger partial charge in [-0.2, -0.15) is 13.2 Å². The second kappa shape index (κ2) is 9.64. The highest BCUT2D eigenvalue weighted by atomic mass is 32.1. The number of allylic oxidation sites excluding steroid dienone is 1. The van der Waals surface area contributed by atoms with Crippen LogP contribution in [0.5, 0.6) is 0 Å². The number of esters is 1. The molecule has 0 N–H and O–H groups in total. The molecule has 5 rings (SSSR count). The number of furan rings is 1. The minimum absolute atomic E-state index is 0.184. The van der Waals surface area contributed by atoms with Gasteiger partial charge in [-0.3, -0.25) is 9.36 Å². The summed E-state index contributed by atoms with van der Waals surface area (Å²) in [5, 5.41) is 1.86. The second-order valence-corrected chi connectivity index (χ2v) is 10.1. The minimum Gasteiger partial charge on any atom is -0.463 e. The molecule has 0 saturated heterocycles. The minimum atomic E-state index is -4.47. The van der Waals surface area contributed by atoms with Gasteiger partial charge < -0.3 is 9.15 Å². The molecular formula is C26H19F3N2O4S2. The summed E-state index contributed by atoms with van der Waals surface area (Å²) in [4.78, 5) is 32.1. The molecule has 0 amide bonds. The van der Waals surface area contributed by atoms with Gasteiger partial charge in [0.2, 0.25) is 0 Å². The first-order valence-corrected chi connectivity index (χ1v) is 12.9. The number of alkyl halides is 3. The third-order valence-corrected chi connectivity index (χ3v) is 7.61. The van der Waals surface area contributed by atoms with Crippen LogP contribution < -0.4 is 14.9 Å². The fourth-order valence-corrected chi connectivity index (χ4v) is 5.92. The van der Waals surface area contributed by atoms with Crippen molar-refractivity contribution in [3.8, 4) is 11.3 Å². The van der Waals surface area contributed by atoms with Gasteiger partial charge in [-0.25, -0.2) is 9.79 Å². The Bertz CT molecular complexity index is 1690. The monoisotopic (exact) mass is 544 g/mol. The molecule has 1 unspecified atom stereocenters. The molecule has 3 aromatic heterocycles. The summed E-state index contributed by atoms with van der Waals surface area (Å²) in [6.07, 6.45) is -2.95. The van der Waals surface area contributed by atoms with E-state index in [1.54, 1.807) is 26.0 Å². The Morgan fingerprint density at radius 3 is 2.73 bits per heavy atom. The zero-order chi connectivity index (χ0) is 26.3. The Morgan fingerprint density at radius 1 is 1.22 bits per heavy atom. The summed E-state index contributed by atoms with van der Waals surface area (Å²) >= 11 is 2.55. The lowest BCUT2D eigenvalue weighted by Crippen LogP contribution is -2.39. The molecule has 1 aromatic carbocycles. The fourth-order valence-electron chi connectivity index (χ4n) is 4.07. The molecule has 1 aliphatic heterocycles. The molecule has 0 bridgehead atoms. The van der Waals surface area contributed by atoms with E-state index in [9.17, 15) is 22.8 Å². The number of thiophene rings is 1. The number of halogens is 3. The lowest BCUT2D eigenvalue weighted by atomic mass is 10.0. The van der Waals surface area contributed by atoms with Crippen LogP contribution in [0.4, 0.5) is 13.2 Å². The van der Waals surface area contributed by atoms with E-state index in [0.717, 1.165) is 28.3 Å². The molecular weight excluding hydrogens is 525 g/mol. The van der Waals surface area contributed by atoms with E-state index in [4.69, 9.17) is 9.15 Å². The number of benzene rings is 1. The van der Waals surface area contributed by atoms with E-state index in [1.807, 2.05) is 17.5 Å². The Morgan fingerprint density at radius 2 is 2.03 bits per heavy atom. The maximum Gasteiger partial charge on any atom is 0.416 e. The first kappa shape index (κ1) is 25.0. The number of aromatic nitrogens is 1. The van der Waals surface area contributed by atoms with Gasteiger partial charge in [0.25, 0.3) is 5.56 Å². The number of carbonyl (C=O) groups excluding carboxylic acids is 1. The van der Waals surface area contributed by atoms with Crippen LogP contribution in [0.2, 0.25) is 0 Å². The third-order valence-electron chi connectivity index (χ3n) is 5.70. The van der Waals surface area contributed by atoms with Crippen LogP contribution >= 0.6 is 22.7 Å². The van der Waals surface area contributed by atoms with E-state index in [1.165, 1.54) is 34.1 Å². The van der Waals surface area contributed by atoms with E-state index in [2.05, 4.69) is 4.99 Å². The zero-order valence-corrected chi connectivity index (χ0v) is 21.2. The molecule has 190 valence electrons. The summed E-state index contributed by atoms with van der Waals surface area (Å²) in [7, 11) is 0. The van der Waals surface area contributed by atoms with Gasteiger partial charge in [0.05, 0.1) is 28.0 Å². The van der Waals surface area contributed by atoms with Crippen molar-refractivity contribution in [3.05, 3.63) is 101 Å². The Labute approximate surface area is 216 Å². The van der Waals surface area contributed by atoms with Crippen LogP contribution in [0, 0.1) is 0 Å². The number of hydrogen-bond donors (Lipinski definition) is 0. The van der Waals surface area contributed by atoms with Crippen molar-refractivity contribution >= 4 is 34.7 Å². The number of fused-ring (bicyclic) bond motifs is 1. The zero-order valence-electron chi connectivity index (χ0n) is 19.5. The van der Waals surface area contributed by atoms with Gasteiger partial charge in [0.1, 0.15) is 17.6 Å². The second-order valence-electron chi connectivity index (χ2n) is 8.10. The Kier molecular flexibility index (Phi) is 6.50. The lowest BCUT2D eigenvalue weighted by Gasteiger charge is -2.23. The Balaban J connectivity index is 1.58. The number of carbonyl (C=O) groups is 1. The number of ether oxygens (including phenoxy) is 1. The molecule has 4 heterocycles. The van der Waals surface area contributed by atoms with E-state index < -0.39 is 23.8 Å². The quantitative estimate of drug-likeness (QED) is 0.326. The smallest absolute Gasteiger partial charge is 0.416 e. The van der Waals surface area contributed by atoms with Crippen molar-refractivity contribution in [2.45, 2.75) is 26.1 Å². The van der Waals surface area contributed by atoms with Crippen molar-refractivity contribution in [1.82, 2.24) is 4.57 Å². The first-order chi connectivity index (χ1) is 17.7.